The van der Waals surface area contributed by atoms with Crippen LogP contribution in [-0.4, -0.2) is 59.5 Å². The maximum absolute atomic E-state index is 12.7. The van der Waals surface area contributed by atoms with Gasteiger partial charge >= 0.3 is 5.97 Å². The van der Waals surface area contributed by atoms with E-state index < -0.39 is 11.4 Å². The number of aliphatic carboxylic acids is 1. The van der Waals surface area contributed by atoms with E-state index in [0.717, 1.165) is 25.9 Å². The molecule has 5 nitrogen and oxygen atoms in total. The van der Waals surface area contributed by atoms with E-state index in [1.54, 1.807) is 0 Å². The molecule has 0 bridgehead atoms. The molecule has 1 saturated carbocycles. The number of amides is 1. The number of carbonyl (C=O) groups excluding carboxylic acids is 1. The van der Waals surface area contributed by atoms with Crippen molar-refractivity contribution in [3.63, 3.8) is 0 Å². The lowest BCUT2D eigenvalue weighted by atomic mass is 9.81. The Balaban J connectivity index is 1.37. The monoisotopic (exact) mass is 342 g/mol. The summed E-state index contributed by atoms with van der Waals surface area (Å²) in [5, 5.41) is 9.88. The Kier molecular flexibility index (Phi) is 4.28. The summed E-state index contributed by atoms with van der Waals surface area (Å²) in [4.78, 5) is 28.8. The van der Waals surface area contributed by atoms with Crippen LogP contribution in [-0.2, 0) is 16.0 Å². The molecule has 2 atom stereocenters. The van der Waals surface area contributed by atoms with Crippen LogP contribution in [0.1, 0.15) is 24.8 Å². The van der Waals surface area contributed by atoms with E-state index in [2.05, 4.69) is 17.0 Å². The van der Waals surface area contributed by atoms with Crippen molar-refractivity contribution in [1.29, 1.82) is 0 Å². The summed E-state index contributed by atoms with van der Waals surface area (Å²) in [6, 6.07) is 10.3. The number of likely N-dealkylation sites (tertiary alicyclic amines) is 2. The smallest absolute Gasteiger partial charge is 0.313 e. The minimum Gasteiger partial charge on any atom is -0.481 e. The average molecular weight is 342 g/mol. The predicted octanol–water partition coefficient (Wildman–Crippen LogP) is 1.87. The lowest BCUT2D eigenvalue weighted by Crippen LogP contribution is -2.41. The van der Waals surface area contributed by atoms with Crippen molar-refractivity contribution >= 4 is 11.9 Å². The van der Waals surface area contributed by atoms with Gasteiger partial charge in [0.15, 0.2) is 0 Å². The molecule has 0 radical (unpaired) electrons. The molecule has 4 rings (SSSR count). The summed E-state index contributed by atoms with van der Waals surface area (Å²) in [5.74, 6) is -0.481. The summed E-state index contributed by atoms with van der Waals surface area (Å²) < 4.78 is 0. The first kappa shape index (κ1) is 16.6. The molecule has 2 saturated heterocycles. The van der Waals surface area contributed by atoms with Gasteiger partial charge in [0.1, 0.15) is 5.41 Å². The van der Waals surface area contributed by atoms with Gasteiger partial charge in [-0.3, -0.25) is 9.59 Å². The minimum absolute atomic E-state index is 0.0693. The minimum atomic E-state index is -0.890. The molecular formula is C20H26N2O3. The lowest BCUT2D eigenvalue weighted by Gasteiger charge is -2.25. The Morgan fingerprint density at radius 3 is 2.60 bits per heavy atom. The molecule has 3 aliphatic rings. The van der Waals surface area contributed by atoms with Gasteiger partial charge in [-0.2, -0.15) is 0 Å². The molecule has 1 N–H and O–H groups in total. The quantitative estimate of drug-likeness (QED) is 0.822. The van der Waals surface area contributed by atoms with E-state index in [-0.39, 0.29) is 11.8 Å². The second kappa shape index (κ2) is 6.45. The van der Waals surface area contributed by atoms with Crippen molar-refractivity contribution in [2.45, 2.75) is 25.7 Å². The Bertz CT molecular complexity index is 658. The third kappa shape index (κ3) is 3.17. The van der Waals surface area contributed by atoms with Crippen molar-refractivity contribution in [3.05, 3.63) is 35.9 Å². The number of fused-ring (bicyclic) bond motifs is 1. The first-order valence-corrected chi connectivity index (χ1v) is 9.37. The van der Waals surface area contributed by atoms with Gasteiger partial charge in [-0.25, -0.2) is 0 Å². The van der Waals surface area contributed by atoms with Crippen LogP contribution in [0, 0.1) is 17.3 Å². The molecule has 3 fully saturated rings. The zero-order chi connectivity index (χ0) is 17.4. The van der Waals surface area contributed by atoms with E-state index >= 15 is 0 Å². The zero-order valence-electron chi connectivity index (χ0n) is 14.6. The van der Waals surface area contributed by atoms with Gasteiger partial charge in [-0.05, 0) is 43.7 Å². The highest BCUT2D eigenvalue weighted by Crippen LogP contribution is 2.45. The van der Waals surface area contributed by atoms with E-state index in [1.165, 1.54) is 18.4 Å². The van der Waals surface area contributed by atoms with Crippen molar-refractivity contribution in [2.24, 2.45) is 17.3 Å². The molecule has 2 heterocycles. The predicted molar refractivity (Wildman–Crippen MR) is 94.1 cm³/mol. The number of carbonyl (C=O) groups is 2. The van der Waals surface area contributed by atoms with E-state index in [1.807, 2.05) is 23.1 Å². The maximum atomic E-state index is 12.7. The third-order valence-corrected chi connectivity index (χ3v) is 6.08. The third-order valence-electron chi connectivity index (χ3n) is 6.08. The number of carboxylic acids is 1. The second-order valence-corrected chi connectivity index (χ2v) is 8.00. The van der Waals surface area contributed by atoms with Crippen molar-refractivity contribution in [3.8, 4) is 0 Å². The summed E-state index contributed by atoms with van der Waals surface area (Å²) in [5.41, 5.74) is 0.417. The van der Waals surface area contributed by atoms with Crippen LogP contribution in [0.25, 0.3) is 0 Å². The SMILES string of the molecule is O=C1[C@@H]2CN(CCCc3ccccc3)C[C@]2(C(=O)O)CN1CC1CC1. The fourth-order valence-electron chi connectivity index (χ4n) is 4.49. The highest BCUT2D eigenvalue weighted by atomic mass is 16.4. The number of aryl methyl sites for hydroxylation is 1. The highest BCUT2D eigenvalue weighted by molar-refractivity contribution is 5.92. The highest BCUT2D eigenvalue weighted by Gasteiger charge is 2.62. The summed E-state index contributed by atoms with van der Waals surface area (Å²) in [6.45, 7) is 3.13. The van der Waals surface area contributed by atoms with Crippen molar-refractivity contribution < 1.29 is 14.7 Å². The van der Waals surface area contributed by atoms with Crippen LogP contribution in [0.3, 0.4) is 0 Å². The van der Waals surface area contributed by atoms with Crippen LogP contribution in [0.5, 0.6) is 0 Å². The number of nitrogens with zero attached hydrogens (tertiary/aromatic N) is 2. The number of rotatable bonds is 7. The van der Waals surface area contributed by atoms with Gasteiger partial charge in [0.2, 0.25) is 5.91 Å². The molecule has 0 unspecified atom stereocenters. The molecule has 2 aliphatic heterocycles. The van der Waals surface area contributed by atoms with Gasteiger partial charge in [0.05, 0.1) is 5.92 Å². The van der Waals surface area contributed by atoms with E-state index in [4.69, 9.17) is 0 Å². The van der Waals surface area contributed by atoms with Crippen LogP contribution in [0.2, 0.25) is 0 Å². The van der Waals surface area contributed by atoms with Gasteiger partial charge in [0, 0.05) is 26.2 Å². The molecule has 1 amide bonds. The average Bonchev–Trinajstić information content (AvgIpc) is 3.28. The number of benzene rings is 1. The Morgan fingerprint density at radius 2 is 1.96 bits per heavy atom. The Labute approximate surface area is 148 Å². The fourth-order valence-corrected chi connectivity index (χ4v) is 4.49. The topological polar surface area (TPSA) is 60.9 Å². The lowest BCUT2D eigenvalue weighted by molar-refractivity contribution is -0.149. The second-order valence-electron chi connectivity index (χ2n) is 8.00. The van der Waals surface area contributed by atoms with Crippen molar-refractivity contribution in [2.75, 3.05) is 32.7 Å². The molecule has 5 heteroatoms. The normalized spacial score (nSPS) is 29.2. The van der Waals surface area contributed by atoms with Gasteiger partial charge in [0.25, 0.3) is 0 Å². The Hall–Kier alpha value is -1.88. The standard InChI is InChI=1S/C20H26N2O3/c23-18-17-12-21(10-4-7-15-5-2-1-3-6-15)13-20(17,19(24)25)14-22(18)11-16-8-9-16/h1-3,5-6,16-17H,4,7-14H2,(H,24,25)/t17-,20-/m0/s1. The van der Waals surface area contributed by atoms with Crippen LogP contribution in [0.4, 0.5) is 0 Å². The zero-order valence-corrected chi connectivity index (χ0v) is 14.6. The van der Waals surface area contributed by atoms with Gasteiger partial charge < -0.3 is 14.9 Å². The van der Waals surface area contributed by atoms with Crippen LogP contribution in [0.15, 0.2) is 30.3 Å². The number of hydrogen-bond acceptors (Lipinski definition) is 3. The first-order valence-electron chi connectivity index (χ1n) is 9.37. The van der Waals surface area contributed by atoms with Crippen molar-refractivity contribution in [1.82, 2.24) is 9.80 Å². The maximum Gasteiger partial charge on any atom is 0.313 e. The number of hydrogen-bond donors (Lipinski definition) is 1. The fraction of sp³-hybridized carbons (Fsp3) is 0.600. The summed E-state index contributed by atoms with van der Waals surface area (Å²) >= 11 is 0. The first-order chi connectivity index (χ1) is 12.1. The van der Waals surface area contributed by atoms with Crippen LogP contribution < -0.4 is 0 Å². The number of carboxylic acid groups (broad SMARTS) is 1. The molecule has 134 valence electrons. The molecule has 1 aromatic rings. The largest absolute Gasteiger partial charge is 0.481 e. The van der Waals surface area contributed by atoms with E-state index in [9.17, 15) is 14.7 Å². The van der Waals surface area contributed by atoms with E-state index in [0.29, 0.717) is 25.6 Å². The van der Waals surface area contributed by atoms with Gasteiger partial charge in [-0.15, -0.1) is 0 Å². The van der Waals surface area contributed by atoms with Gasteiger partial charge in [-0.1, -0.05) is 30.3 Å². The molecule has 0 aromatic heterocycles. The summed E-state index contributed by atoms with van der Waals surface area (Å²) in [7, 11) is 0. The Morgan fingerprint density at radius 1 is 1.20 bits per heavy atom. The summed E-state index contributed by atoms with van der Waals surface area (Å²) in [6.07, 6.45) is 4.34. The molecule has 0 spiro atoms. The molecule has 1 aromatic carbocycles. The molecular weight excluding hydrogens is 316 g/mol. The molecule has 1 aliphatic carbocycles. The van der Waals surface area contributed by atoms with Crippen LogP contribution >= 0.6 is 0 Å². The molecule has 25 heavy (non-hydrogen) atoms.